The Kier molecular flexibility index (Phi) is 7.32. The molecule has 8 heteroatoms. The van der Waals surface area contributed by atoms with Crippen molar-refractivity contribution in [2.45, 2.75) is 29.6 Å². The van der Waals surface area contributed by atoms with Crippen molar-refractivity contribution in [3.05, 3.63) is 59.9 Å². The van der Waals surface area contributed by atoms with Gasteiger partial charge in [-0.15, -0.1) is 11.8 Å². The van der Waals surface area contributed by atoms with Gasteiger partial charge in [0.2, 0.25) is 15.9 Å². The molecule has 3 rings (SSSR count). The molecule has 0 aromatic heterocycles. The van der Waals surface area contributed by atoms with Gasteiger partial charge in [0.25, 0.3) is 0 Å². The third-order valence-corrected chi connectivity index (χ3v) is 7.79. The van der Waals surface area contributed by atoms with Crippen LogP contribution < -0.4 is 5.32 Å². The minimum atomic E-state index is -3.73. The van der Waals surface area contributed by atoms with E-state index in [1.807, 2.05) is 6.92 Å². The van der Waals surface area contributed by atoms with Gasteiger partial charge >= 0.3 is 0 Å². The fraction of sp³-hybridized carbons (Fsp3) is 0.381. The zero-order valence-corrected chi connectivity index (χ0v) is 17.9. The summed E-state index contributed by atoms with van der Waals surface area (Å²) in [6, 6.07) is 13.0. The van der Waals surface area contributed by atoms with Crippen LogP contribution in [0.5, 0.6) is 0 Å². The summed E-state index contributed by atoms with van der Waals surface area (Å²) in [6.45, 7) is 3.08. The smallest absolute Gasteiger partial charge is 0.243 e. The zero-order valence-electron chi connectivity index (χ0n) is 16.3. The highest BCUT2D eigenvalue weighted by molar-refractivity contribution is 7.99. The van der Waals surface area contributed by atoms with Crippen LogP contribution in [0.15, 0.2) is 58.3 Å². The Hall–Kier alpha value is -1.90. The van der Waals surface area contributed by atoms with Crippen LogP contribution in [0.25, 0.3) is 0 Å². The minimum absolute atomic E-state index is 0.0504. The minimum Gasteiger partial charge on any atom is -0.355 e. The van der Waals surface area contributed by atoms with Crippen LogP contribution in [0, 0.1) is 18.7 Å². The normalized spacial score (nSPS) is 17.8. The van der Waals surface area contributed by atoms with Gasteiger partial charge in [0.1, 0.15) is 5.82 Å². The molecule has 1 N–H and O–H groups in total. The molecule has 2 aromatic rings. The lowest BCUT2D eigenvalue weighted by atomic mass is 9.99. The predicted octanol–water partition coefficient (Wildman–Crippen LogP) is 3.44. The van der Waals surface area contributed by atoms with Gasteiger partial charge in [-0.2, -0.15) is 4.31 Å². The van der Waals surface area contributed by atoms with Crippen molar-refractivity contribution in [3.8, 4) is 0 Å². The second-order valence-corrected chi connectivity index (χ2v) is 10.2. The van der Waals surface area contributed by atoms with E-state index in [2.05, 4.69) is 29.6 Å². The number of hydrogen-bond acceptors (Lipinski definition) is 4. The van der Waals surface area contributed by atoms with Gasteiger partial charge in [-0.3, -0.25) is 4.79 Å². The van der Waals surface area contributed by atoms with Crippen LogP contribution in [0.1, 0.15) is 18.4 Å². The van der Waals surface area contributed by atoms with Crippen LogP contribution in [0.4, 0.5) is 4.39 Å². The third-order valence-electron chi connectivity index (χ3n) is 4.90. The molecular formula is C21H25FN2O3S2. The lowest BCUT2D eigenvalue weighted by Gasteiger charge is -2.31. The lowest BCUT2D eigenvalue weighted by Crippen LogP contribution is -2.45. The Morgan fingerprint density at radius 2 is 1.86 bits per heavy atom. The van der Waals surface area contributed by atoms with E-state index >= 15 is 0 Å². The van der Waals surface area contributed by atoms with E-state index in [9.17, 15) is 17.6 Å². The summed E-state index contributed by atoms with van der Waals surface area (Å²) in [7, 11) is -3.73. The number of hydrogen-bond donors (Lipinski definition) is 1. The van der Waals surface area contributed by atoms with Gasteiger partial charge in [0.05, 0.1) is 10.8 Å². The van der Waals surface area contributed by atoms with Crippen molar-refractivity contribution >= 4 is 27.7 Å². The van der Waals surface area contributed by atoms with Crippen LogP contribution in [0.3, 0.4) is 0 Å². The monoisotopic (exact) mass is 436 g/mol. The van der Waals surface area contributed by atoms with E-state index in [1.54, 1.807) is 11.8 Å². The molecule has 0 unspecified atom stereocenters. The van der Waals surface area contributed by atoms with E-state index in [-0.39, 0.29) is 23.3 Å². The molecule has 1 atom stereocenters. The molecular weight excluding hydrogens is 411 g/mol. The molecule has 29 heavy (non-hydrogen) atoms. The topological polar surface area (TPSA) is 66.5 Å². The molecule has 5 nitrogen and oxygen atoms in total. The molecule has 1 saturated heterocycles. The Labute approximate surface area is 175 Å². The van der Waals surface area contributed by atoms with Crippen molar-refractivity contribution < 1.29 is 17.6 Å². The number of halogens is 1. The SMILES string of the molecule is Cc1ccc(SCCNC(=O)[C@H]2CCCN(S(=O)(=O)c3ccc(F)cc3)C2)cc1. The molecule has 1 heterocycles. The molecule has 2 aromatic carbocycles. The number of carbonyl (C=O) groups is 1. The second-order valence-electron chi connectivity index (χ2n) is 7.11. The maximum atomic E-state index is 13.1. The first-order valence-electron chi connectivity index (χ1n) is 9.59. The summed E-state index contributed by atoms with van der Waals surface area (Å²) in [5, 5.41) is 2.92. The van der Waals surface area contributed by atoms with Crippen LogP contribution >= 0.6 is 11.8 Å². The van der Waals surface area contributed by atoms with Gasteiger partial charge in [-0.25, -0.2) is 12.8 Å². The number of benzene rings is 2. The Morgan fingerprint density at radius 3 is 2.55 bits per heavy atom. The maximum absolute atomic E-state index is 13.1. The summed E-state index contributed by atoms with van der Waals surface area (Å²) in [4.78, 5) is 13.7. The molecule has 0 spiro atoms. The van der Waals surface area contributed by atoms with Gasteiger partial charge in [-0.05, 0) is 56.2 Å². The van der Waals surface area contributed by atoms with Crippen LogP contribution in [-0.4, -0.2) is 44.0 Å². The van der Waals surface area contributed by atoms with E-state index < -0.39 is 15.8 Å². The molecule has 0 radical (unpaired) electrons. The van der Waals surface area contributed by atoms with Gasteiger partial charge in [0, 0.05) is 30.3 Å². The number of piperidine rings is 1. The molecule has 0 saturated carbocycles. The number of aryl methyl sites for hydroxylation is 1. The summed E-state index contributed by atoms with van der Waals surface area (Å²) in [6.07, 6.45) is 1.28. The quantitative estimate of drug-likeness (QED) is 0.533. The summed E-state index contributed by atoms with van der Waals surface area (Å²) in [5.41, 5.74) is 1.21. The molecule has 156 valence electrons. The molecule has 0 bridgehead atoms. The number of nitrogens with one attached hydrogen (secondary N) is 1. The first kappa shape index (κ1) is 21.8. The molecule has 1 fully saturated rings. The Balaban J connectivity index is 1.51. The lowest BCUT2D eigenvalue weighted by molar-refractivity contribution is -0.125. The third kappa shape index (κ3) is 5.81. The Bertz CT molecular complexity index is 931. The molecule has 1 aliphatic rings. The van der Waals surface area contributed by atoms with Gasteiger partial charge in [-0.1, -0.05) is 17.7 Å². The van der Waals surface area contributed by atoms with Gasteiger partial charge in [0.15, 0.2) is 0 Å². The largest absolute Gasteiger partial charge is 0.355 e. The first-order valence-corrected chi connectivity index (χ1v) is 12.0. The molecule has 1 amide bonds. The number of nitrogens with zero attached hydrogens (tertiary/aromatic N) is 1. The first-order chi connectivity index (χ1) is 13.9. The van der Waals surface area contributed by atoms with Crippen LogP contribution in [-0.2, 0) is 14.8 Å². The standard InChI is InChI=1S/C21H25FN2O3S2/c1-16-4-8-19(9-5-16)28-14-12-23-21(25)17-3-2-13-24(15-17)29(26,27)20-10-6-18(22)7-11-20/h4-11,17H,2-3,12-15H2,1H3,(H,23,25)/t17-/m0/s1. The average molecular weight is 437 g/mol. The molecule has 1 aliphatic heterocycles. The summed E-state index contributed by atoms with van der Waals surface area (Å²) >= 11 is 1.67. The van der Waals surface area contributed by atoms with E-state index in [1.165, 1.54) is 22.0 Å². The molecule has 0 aliphatic carbocycles. The fourth-order valence-corrected chi connectivity index (χ4v) is 5.54. The van der Waals surface area contributed by atoms with Crippen molar-refractivity contribution in [3.63, 3.8) is 0 Å². The zero-order chi connectivity index (χ0) is 20.9. The van der Waals surface area contributed by atoms with Crippen molar-refractivity contribution in [2.75, 3.05) is 25.4 Å². The van der Waals surface area contributed by atoms with E-state index in [4.69, 9.17) is 0 Å². The Morgan fingerprint density at radius 1 is 1.17 bits per heavy atom. The van der Waals surface area contributed by atoms with Gasteiger partial charge < -0.3 is 5.32 Å². The maximum Gasteiger partial charge on any atom is 0.243 e. The highest BCUT2D eigenvalue weighted by Crippen LogP contribution is 2.24. The van der Waals surface area contributed by atoms with Crippen LogP contribution in [0.2, 0.25) is 0 Å². The number of sulfonamides is 1. The predicted molar refractivity (Wildman–Crippen MR) is 113 cm³/mol. The second kappa shape index (κ2) is 9.73. The number of amides is 1. The van der Waals surface area contributed by atoms with E-state index in [0.717, 1.165) is 22.8 Å². The number of thioether (sulfide) groups is 1. The highest BCUT2D eigenvalue weighted by Gasteiger charge is 2.33. The van der Waals surface area contributed by atoms with Crippen molar-refractivity contribution in [1.29, 1.82) is 0 Å². The highest BCUT2D eigenvalue weighted by atomic mass is 32.2. The van der Waals surface area contributed by atoms with Crippen molar-refractivity contribution in [1.82, 2.24) is 9.62 Å². The summed E-state index contributed by atoms with van der Waals surface area (Å²) < 4.78 is 40.0. The van der Waals surface area contributed by atoms with Crippen molar-refractivity contribution in [2.24, 2.45) is 5.92 Å². The van der Waals surface area contributed by atoms with E-state index in [0.29, 0.717) is 25.9 Å². The number of rotatable bonds is 7. The number of carbonyl (C=O) groups excluding carboxylic acids is 1. The fourth-order valence-electron chi connectivity index (χ4n) is 3.25. The summed E-state index contributed by atoms with van der Waals surface area (Å²) in [5.74, 6) is -0.223. The average Bonchev–Trinajstić information content (AvgIpc) is 2.73.